The molecule has 0 atom stereocenters. The number of aromatic nitrogens is 2. The van der Waals surface area contributed by atoms with E-state index in [1.54, 1.807) is 36.5 Å². The normalized spacial score (nSPS) is 10.7. The van der Waals surface area contributed by atoms with Crippen LogP contribution in [0.15, 0.2) is 59.5 Å². The molecule has 0 fully saturated rings. The van der Waals surface area contributed by atoms with Crippen LogP contribution in [-0.4, -0.2) is 20.6 Å². The zero-order valence-electron chi connectivity index (χ0n) is 11.1. The summed E-state index contributed by atoms with van der Waals surface area (Å²) in [5, 5.41) is 9.77. The SMILES string of the molecule is O=C(O)c1cc(=O)n(Cc2ccccn2)c2ccccc12. The van der Waals surface area contributed by atoms with Crippen molar-refractivity contribution in [2.45, 2.75) is 6.54 Å². The van der Waals surface area contributed by atoms with Gasteiger partial charge in [-0.05, 0) is 18.2 Å². The van der Waals surface area contributed by atoms with Crippen molar-refractivity contribution in [3.05, 3.63) is 76.3 Å². The van der Waals surface area contributed by atoms with Gasteiger partial charge in [0.05, 0.1) is 23.3 Å². The Labute approximate surface area is 120 Å². The number of rotatable bonds is 3. The molecule has 1 aromatic carbocycles. The summed E-state index contributed by atoms with van der Waals surface area (Å²) < 4.78 is 1.53. The Bertz CT molecular complexity index is 870. The Morgan fingerprint density at radius 3 is 2.62 bits per heavy atom. The lowest BCUT2D eigenvalue weighted by molar-refractivity contribution is 0.0698. The molecular formula is C16H12N2O3. The third-order valence-corrected chi connectivity index (χ3v) is 3.30. The predicted octanol–water partition coefficient (Wildman–Crippen LogP) is 2.14. The zero-order valence-corrected chi connectivity index (χ0v) is 11.1. The average molecular weight is 280 g/mol. The molecule has 0 aliphatic rings. The van der Waals surface area contributed by atoms with Crippen molar-refractivity contribution in [2.24, 2.45) is 0 Å². The summed E-state index contributed by atoms with van der Waals surface area (Å²) in [5.41, 5.74) is 1.01. The Hall–Kier alpha value is -2.95. The van der Waals surface area contributed by atoms with E-state index in [0.717, 1.165) is 11.8 Å². The molecule has 0 unspecified atom stereocenters. The number of nitrogens with zero attached hydrogens (tertiary/aromatic N) is 2. The van der Waals surface area contributed by atoms with Crippen LogP contribution in [0.1, 0.15) is 16.1 Å². The van der Waals surface area contributed by atoms with Crippen LogP contribution >= 0.6 is 0 Å². The van der Waals surface area contributed by atoms with Gasteiger partial charge >= 0.3 is 5.97 Å². The molecule has 1 N–H and O–H groups in total. The summed E-state index contributed by atoms with van der Waals surface area (Å²) in [5.74, 6) is -1.10. The van der Waals surface area contributed by atoms with Gasteiger partial charge in [-0.3, -0.25) is 9.78 Å². The summed E-state index contributed by atoms with van der Waals surface area (Å²) in [6.45, 7) is 0.306. The van der Waals surface area contributed by atoms with Gasteiger partial charge in [-0.2, -0.15) is 0 Å². The van der Waals surface area contributed by atoms with E-state index in [0.29, 0.717) is 17.4 Å². The molecule has 0 saturated carbocycles. The van der Waals surface area contributed by atoms with E-state index < -0.39 is 5.97 Å². The molecular weight excluding hydrogens is 268 g/mol. The predicted molar refractivity (Wildman–Crippen MR) is 78.5 cm³/mol. The molecule has 2 heterocycles. The highest BCUT2D eigenvalue weighted by atomic mass is 16.4. The number of pyridine rings is 2. The molecule has 0 bridgehead atoms. The number of para-hydroxylation sites is 1. The standard InChI is InChI=1S/C16H12N2O3/c19-15-9-13(16(20)21)12-6-1-2-7-14(12)18(15)10-11-5-3-4-8-17-11/h1-9H,10H2,(H,20,21). The van der Waals surface area contributed by atoms with Crippen molar-refractivity contribution in [3.8, 4) is 0 Å². The zero-order chi connectivity index (χ0) is 14.8. The van der Waals surface area contributed by atoms with Crippen molar-refractivity contribution in [1.29, 1.82) is 0 Å². The van der Waals surface area contributed by atoms with E-state index in [9.17, 15) is 14.7 Å². The van der Waals surface area contributed by atoms with E-state index in [-0.39, 0.29) is 11.1 Å². The maximum atomic E-state index is 12.2. The van der Waals surface area contributed by atoms with E-state index in [4.69, 9.17) is 0 Å². The van der Waals surface area contributed by atoms with Crippen LogP contribution in [0.3, 0.4) is 0 Å². The van der Waals surface area contributed by atoms with E-state index in [1.165, 1.54) is 4.57 Å². The Morgan fingerprint density at radius 1 is 1.14 bits per heavy atom. The quantitative estimate of drug-likeness (QED) is 0.797. The Kier molecular flexibility index (Phi) is 3.23. The molecule has 0 saturated heterocycles. The number of carboxylic acid groups (broad SMARTS) is 1. The first kappa shape index (κ1) is 13.1. The molecule has 0 aliphatic carbocycles. The first-order valence-corrected chi connectivity index (χ1v) is 6.42. The fourth-order valence-corrected chi connectivity index (χ4v) is 2.33. The molecule has 0 spiro atoms. The van der Waals surface area contributed by atoms with Gasteiger partial charge < -0.3 is 9.67 Å². The lowest BCUT2D eigenvalue weighted by Crippen LogP contribution is -2.22. The van der Waals surface area contributed by atoms with Gasteiger partial charge in [-0.1, -0.05) is 24.3 Å². The fraction of sp³-hybridized carbons (Fsp3) is 0.0625. The number of hydrogen-bond acceptors (Lipinski definition) is 3. The van der Waals surface area contributed by atoms with Gasteiger partial charge in [0.1, 0.15) is 0 Å². The Morgan fingerprint density at radius 2 is 1.90 bits per heavy atom. The molecule has 5 heteroatoms. The Balaban J connectivity index is 2.24. The minimum Gasteiger partial charge on any atom is -0.478 e. The largest absolute Gasteiger partial charge is 0.478 e. The van der Waals surface area contributed by atoms with Gasteiger partial charge in [0.15, 0.2) is 0 Å². The first-order valence-electron chi connectivity index (χ1n) is 6.42. The van der Waals surface area contributed by atoms with Crippen molar-refractivity contribution >= 4 is 16.9 Å². The summed E-state index contributed by atoms with van der Waals surface area (Å²) in [6, 6.07) is 13.6. The van der Waals surface area contributed by atoms with Gasteiger partial charge in [-0.15, -0.1) is 0 Å². The van der Waals surface area contributed by atoms with Gasteiger partial charge in [0, 0.05) is 17.6 Å². The molecule has 104 valence electrons. The van der Waals surface area contributed by atoms with Crippen LogP contribution in [0, 0.1) is 0 Å². The van der Waals surface area contributed by atoms with Crippen LogP contribution < -0.4 is 5.56 Å². The molecule has 3 aromatic rings. The van der Waals surface area contributed by atoms with Crippen LogP contribution in [0.4, 0.5) is 0 Å². The molecule has 5 nitrogen and oxygen atoms in total. The summed E-state index contributed by atoms with van der Waals surface area (Å²) in [6.07, 6.45) is 1.66. The number of carbonyl (C=O) groups is 1. The average Bonchev–Trinajstić information content (AvgIpc) is 2.50. The second kappa shape index (κ2) is 5.20. The number of fused-ring (bicyclic) bond motifs is 1. The first-order chi connectivity index (χ1) is 10.2. The molecule has 2 aromatic heterocycles. The number of hydrogen-bond donors (Lipinski definition) is 1. The van der Waals surface area contributed by atoms with Crippen LogP contribution in [0.5, 0.6) is 0 Å². The third kappa shape index (κ3) is 2.41. The van der Waals surface area contributed by atoms with E-state index in [1.807, 2.05) is 12.1 Å². The maximum Gasteiger partial charge on any atom is 0.336 e. The highest BCUT2D eigenvalue weighted by Crippen LogP contribution is 2.17. The highest BCUT2D eigenvalue weighted by Gasteiger charge is 2.13. The second-order valence-electron chi connectivity index (χ2n) is 4.63. The van der Waals surface area contributed by atoms with Crippen LogP contribution in [0.25, 0.3) is 10.9 Å². The fourth-order valence-electron chi connectivity index (χ4n) is 2.33. The summed E-state index contributed by atoms with van der Waals surface area (Å²) >= 11 is 0. The van der Waals surface area contributed by atoms with Crippen molar-refractivity contribution in [3.63, 3.8) is 0 Å². The van der Waals surface area contributed by atoms with Crippen LogP contribution in [-0.2, 0) is 6.54 Å². The summed E-state index contributed by atoms with van der Waals surface area (Å²) in [7, 11) is 0. The lowest BCUT2D eigenvalue weighted by atomic mass is 10.1. The van der Waals surface area contributed by atoms with Crippen molar-refractivity contribution < 1.29 is 9.90 Å². The second-order valence-corrected chi connectivity index (χ2v) is 4.63. The van der Waals surface area contributed by atoms with Gasteiger partial charge in [0.2, 0.25) is 0 Å². The summed E-state index contributed by atoms with van der Waals surface area (Å²) in [4.78, 5) is 27.7. The molecule has 3 rings (SSSR count). The highest BCUT2D eigenvalue weighted by molar-refractivity contribution is 6.02. The maximum absolute atomic E-state index is 12.2. The number of benzene rings is 1. The van der Waals surface area contributed by atoms with E-state index in [2.05, 4.69) is 4.98 Å². The minimum atomic E-state index is -1.10. The van der Waals surface area contributed by atoms with Gasteiger partial charge in [0.25, 0.3) is 5.56 Å². The third-order valence-electron chi connectivity index (χ3n) is 3.30. The molecule has 0 aliphatic heterocycles. The molecule has 21 heavy (non-hydrogen) atoms. The van der Waals surface area contributed by atoms with Crippen LogP contribution in [0.2, 0.25) is 0 Å². The molecule has 0 radical (unpaired) electrons. The van der Waals surface area contributed by atoms with Crippen molar-refractivity contribution in [2.75, 3.05) is 0 Å². The topological polar surface area (TPSA) is 72.2 Å². The van der Waals surface area contributed by atoms with E-state index >= 15 is 0 Å². The number of carboxylic acids is 1. The molecule has 0 amide bonds. The smallest absolute Gasteiger partial charge is 0.336 e. The lowest BCUT2D eigenvalue weighted by Gasteiger charge is -2.11. The minimum absolute atomic E-state index is 0.0212. The number of aromatic carboxylic acids is 1. The van der Waals surface area contributed by atoms with Gasteiger partial charge in [-0.25, -0.2) is 4.79 Å². The monoisotopic (exact) mass is 280 g/mol. The van der Waals surface area contributed by atoms with Crippen molar-refractivity contribution in [1.82, 2.24) is 9.55 Å².